The molecule has 0 aliphatic heterocycles. The van der Waals surface area contributed by atoms with E-state index >= 15 is 0 Å². The maximum Gasteiger partial charge on any atom is 0.387 e. The van der Waals surface area contributed by atoms with Crippen LogP contribution in [0, 0.1) is 0 Å². The van der Waals surface area contributed by atoms with E-state index in [1.54, 1.807) is 0 Å². The number of benzene rings is 1. The summed E-state index contributed by atoms with van der Waals surface area (Å²) in [5.74, 6) is -0.381. The zero-order valence-corrected chi connectivity index (χ0v) is 7.37. The fourth-order valence-corrected chi connectivity index (χ4v) is 0.880. The largest absolute Gasteiger partial charge is 0.435 e. The van der Waals surface area contributed by atoms with Gasteiger partial charge in [-0.3, -0.25) is 4.79 Å². The Morgan fingerprint density at radius 1 is 1.36 bits per heavy atom. The number of hydrogen-bond donors (Lipinski definition) is 0. The molecule has 14 heavy (non-hydrogen) atoms. The highest BCUT2D eigenvalue weighted by atomic mass is 19.3. The van der Waals surface area contributed by atoms with Crippen molar-refractivity contribution in [3.8, 4) is 11.5 Å². The monoisotopic (exact) mass is 202 g/mol. The second-order valence-corrected chi connectivity index (χ2v) is 2.45. The van der Waals surface area contributed by atoms with Crippen molar-refractivity contribution in [2.24, 2.45) is 0 Å². The zero-order chi connectivity index (χ0) is 10.6. The third kappa shape index (κ3) is 3.38. The van der Waals surface area contributed by atoms with E-state index in [4.69, 9.17) is 0 Å². The number of carbonyl (C=O) groups excluding carboxylic acids is 1. The smallest absolute Gasteiger partial charge is 0.387 e. The van der Waals surface area contributed by atoms with Gasteiger partial charge in [0.2, 0.25) is 0 Å². The first-order chi connectivity index (χ1) is 6.58. The highest BCUT2D eigenvalue weighted by Crippen LogP contribution is 2.20. The molecule has 5 heteroatoms. The molecule has 0 radical (unpaired) electrons. The topological polar surface area (TPSA) is 35.5 Å². The minimum absolute atomic E-state index is 0.0428. The normalized spacial score (nSPS) is 10.0. The molecule has 1 aromatic carbocycles. The third-order valence-corrected chi connectivity index (χ3v) is 1.29. The van der Waals surface area contributed by atoms with E-state index in [1.807, 2.05) is 0 Å². The maximum absolute atomic E-state index is 11.8. The van der Waals surface area contributed by atoms with Crippen LogP contribution in [0.3, 0.4) is 0 Å². The molecule has 76 valence electrons. The molecule has 0 amide bonds. The summed E-state index contributed by atoms with van der Waals surface area (Å²) in [6, 6.07) is 5.49. The Labute approximate surface area is 79.2 Å². The van der Waals surface area contributed by atoms with Crippen LogP contribution in [0.4, 0.5) is 8.78 Å². The molecule has 0 aromatic heterocycles. The Hall–Kier alpha value is -1.65. The summed E-state index contributed by atoms with van der Waals surface area (Å²) in [7, 11) is 0. The van der Waals surface area contributed by atoms with E-state index in [1.165, 1.54) is 31.2 Å². The van der Waals surface area contributed by atoms with Crippen molar-refractivity contribution >= 4 is 5.97 Å². The molecule has 0 saturated carbocycles. The van der Waals surface area contributed by atoms with Gasteiger partial charge in [0, 0.05) is 13.0 Å². The van der Waals surface area contributed by atoms with E-state index in [9.17, 15) is 13.6 Å². The van der Waals surface area contributed by atoms with Crippen LogP contribution in [-0.2, 0) is 4.79 Å². The minimum atomic E-state index is -2.89. The van der Waals surface area contributed by atoms with Gasteiger partial charge < -0.3 is 9.47 Å². The van der Waals surface area contributed by atoms with Crippen molar-refractivity contribution in [1.82, 2.24) is 0 Å². The van der Waals surface area contributed by atoms with Crippen molar-refractivity contribution < 1.29 is 23.0 Å². The van der Waals surface area contributed by atoms with Gasteiger partial charge in [-0.2, -0.15) is 8.78 Å². The number of halogens is 2. The lowest BCUT2D eigenvalue weighted by Crippen LogP contribution is -2.04. The molecule has 1 rings (SSSR count). The van der Waals surface area contributed by atoms with Crippen LogP contribution in [0.5, 0.6) is 11.5 Å². The van der Waals surface area contributed by atoms with Crippen LogP contribution in [0.2, 0.25) is 0 Å². The maximum atomic E-state index is 11.8. The second kappa shape index (κ2) is 4.55. The molecule has 0 heterocycles. The fraction of sp³-hybridized carbons (Fsp3) is 0.222. The van der Waals surface area contributed by atoms with E-state index in [0.29, 0.717) is 0 Å². The van der Waals surface area contributed by atoms with Crippen LogP contribution in [0.1, 0.15) is 6.92 Å². The summed E-state index contributed by atoms with van der Waals surface area (Å²) >= 11 is 0. The molecular weight excluding hydrogens is 194 g/mol. The number of esters is 1. The predicted octanol–water partition coefficient (Wildman–Crippen LogP) is 2.21. The van der Waals surface area contributed by atoms with Gasteiger partial charge in [0.05, 0.1) is 0 Å². The Balaban J connectivity index is 2.73. The van der Waals surface area contributed by atoms with Crippen LogP contribution in [0.15, 0.2) is 24.3 Å². The Morgan fingerprint density at radius 3 is 2.57 bits per heavy atom. The van der Waals surface area contributed by atoms with Gasteiger partial charge >= 0.3 is 12.6 Å². The van der Waals surface area contributed by atoms with Crippen molar-refractivity contribution in [1.29, 1.82) is 0 Å². The van der Waals surface area contributed by atoms with Crippen LogP contribution < -0.4 is 9.47 Å². The fourth-order valence-electron chi connectivity index (χ4n) is 0.880. The SMILES string of the molecule is CC(=O)Oc1cccc(OC(F)F)c1. The van der Waals surface area contributed by atoms with Gasteiger partial charge in [-0.05, 0) is 12.1 Å². The number of rotatable bonds is 3. The molecule has 0 unspecified atom stereocenters. The summed E-state index contributed by atoms with van der Waals surface area (Å²) in [5.41, 5.74) is 0. The lowest BCUT2D eigenvalue weighted by molar-refractivity contribution is -0.131. The number of alkyl halides is 2. The highest BCUT2D eigenvalue weighted by Gasteiger charge is 2.05. The average molecular weight is 202 g/mol. The van der Waals surface area contributed by atoms with Crippen LogP contribution in [-0.4, -0.2) is 12.6 Å². The average Bonchev–Trinajstić information content (AvgIpc) is 2.01. The van der Waals surface area contributed by atoms with E-state index in [0.717, 1.165) is 0 Å². The van der Waals surface area contributed by atoms with E-state index < -0.39 is 12.6 Å². The third-order valence-electron chi connectivity index (χ3n) is 1.29. The highest BCUT2D eigenvalue weighted by molar-refractivity contribution is 5.69. The Kier molecular flexibility index (Phi) is 3.39. The molecule has 0 bridgehead atoms. The van der Waals surface area contributed by atoms with Crippen molar-refractivity contribution in [3.63, 3.8) is 0 Å². The zero-order valence-electron chi connectivity index (χ0n) is 7.37. The van der Waals surface area contributed by atoms with Crippen molar-refractivity contribution in [2.75, 3.05) is 0 Å². The minimum Gasteiger partial charge on any atom is -0.435 e. The van der Waals surface area contributed by atoms with Crippen molar-refractivity contribution in [2.45, 2.75) is 13.5 Å². The van der Waals surface area contributed by atoms with Gasteiger partial charge in [0.15, 0.2) is 0 Å². The van der Waals surface area contributed by atoms with Gasteiger partial charge in [-0.15, -0.1) is 0 Å². The van der Waals surface area contributed by atoms with Gasteiger partial charge in [-0.1, -0.05) is 6.07 Å². The molecule has 0 aliphatic rings. The van der Waals surface area contributed by atoms with Crippen LogP contribution >= 0.6 is 0 Å². The molecule has 1 aromatic rings. The van der Waals surface area contributed by atoms with E-state index in [2.05, 4.69) is 9.47 Å². The molecule has 0 spiro atoms. The summed E-state index contributed by atoms with van der Waals surface area (Å²) in [6.07, 6.45) is 0. The summed E-state index contributed by atoms with van der Waals surface area (Å²) in [6.45, 7) is -1.66. The first-order valence-electron chi connectivity index (χ1n) is 3.81. The molecule has 0 saturated heterocycles. The Bertz CT molecular complexity index is 326. The predicted molar refractivity (Wildman–Crippen MR) is 44.4 cm³/mol. The van der Waals surface area contributed by atoms with Gasteiger partial charge in [0.1, 0.15) is 11.5 Å². The van der Waals surface area contributed by atoms with Gasteiger partial charge in [0.25, 0.3) is 0 Å². The number of ether oxygens (including phenoxy) is 2. The molecule has 3 nitrogen and oxygen atoms in total. The lowest BCUT2D eigenvalue weighted by atomic mass is 10.3. The van der Waals surface area contributed by atoms with Crippen LogP contribution in [0.25, 0.3) is 0 Å². The summed E-state index contributed by atoms with van der Waals surface area (Å²) in [5, 5.41) is 0. The summed E-state index contributed by atoms with van der Waals surface area (Å²) in [4.78, 5) is 10.5. The molecule has 0 N–H and O–H groups in total. The molecular formula is C9H8F2O3. The van der Waals surface area contributed by atoms with Gasteiger partial charge in [-0.25, -0.2) is 0 Å². The molecule has 0 aliphatic carbocycles. The quantitative estimate of drug-likeness (QED) is 0.556. The van der Waals surface area contributed by atoms with E-state index in [-0.39, 0.29) is 11.5 Å². The number of carbonyl (C=O) groups is 1. The first-order valence-corrected chi connectivity index (χ1v) is 3.81. The van der Waals surface area contributed by atoms with Crippen molar-refractivity contribution in [3.05, 3.63) is 24.3 Å². The standard InChI is InChI=1S/C9H8F2O3/c1-6(12)13-7-3-2-4-8(5-7)14-9(10)11/h2-5,9H,1H3. The summed E-state index contributed by atoms with van der Waals surface area (Å²) < 4.78 is 32.4. The molecule has 0 fully saturated rings. The first kappa shape index (κ1) is 10.4. The second-order valence-electron chi connectivity index (χ2n) is 2.45. The molecule has 0 atom stereocenters. The Morgan fingerprint density at radius 2 is 2.00 bits per heavy atom. The number of hydrogen-bond acceptors (Lipinski definition) is 3. The lowest BCUT2D eigenvalue weighted by Gasteiger charge is -2.05.